The first-order valence-electron chi connectivity index (χ1n) is 51.1. The molecule has 0 spiro atoms. The van der Waals surface area contributed by atoms with Crippen molar-refractivity contribution in [1.29, 1.82) is 0 Å². The number of hydrogen-bond donors (Lipinski definition) is 0. The molecule has 9 aliphatic rings. The third-order valence-electron chi connectivity index (χ3n) is 30.4. The Kier molecular flexibility index (Phi) is 26.7. The summed E-state index contributed by atoms with van der Waals surface area (Å²) in [7, 11) is 5.60. The second-order valence-corrected chi connectivity index (χ2v) is 40.2. The SMILES string of the molecule is CCC(=O)N1CCn2c(C3CC(C)(F)C3)nc(-c3cccc4cc(N5CCOCC5)ncc34)c2C1.CCC(=O)N1CCn2c(C3CCOCC3)nc(-c3cccc4nc(-c5cnn(C)c5)c(C)cc34)c2C1.[C-]#[N+]c1cc2c(-c3nc(C4CC(C)(F)C4)n4c3CN(C(=O)CC)CC4)cccc2nc1-c1cnn(C)c1.[C-]#[N+]c1cc2c(-c3nc(C4CCOCC4)n4c3CN(C(=O)CC)CC4)cccc2nc1-c1cnn(C)c1. The largest absolute Gasteiger partial charge is 0.381 e. The molecule has 2 saturated carbocycles. The smallest absolute Gasteiger partial charge is 0.222 e. The molecule has 32 nitrogen and oxygen atoms in total. The Balaban J connectivity index is 0.000000114. The minimum atomic E-state index is -1.16. The van der Waals surface area contributed by atoms with Crippen molar-refractivity contribution >= 4 is 84.3 Å². The number of amides is 4. The first-order chi connectivity index (χ1) is 70.3. The van der Waals surface area contributed by atoms with Crippen LogP contribution < -0.4 is 4.90 Å². The number of carbonyl (C=O) groups is 4. The maximum Gasteiger partial charge on any atom is 0.222 e. The maximum absolute atomic E-state index is 14.5. The summed E-state index contributed by atoms with van der Waals surface area (Å²) >= 11 is 0. The van der Waals surface area contributed by atoms with Crippen LogP contribution >= 0.6 is 0 Å². The number of aromatic nitrogens is 18. The molecule has 5 fully saturated rings. The summed E-state index contributed by atoms with van der Waals surface area (Å²) in [6.07, 6.45) is 20.7. The number of hydrogen-bond acceptors (Lipinski definition) is 19. The van der Waals surface area contributed by atoms with Crippen LogP contribution in [0.2, 0.25) is 0 Å². The first kappa shape index (κ1) is 96.5. The van der Waals surface area contributed by atoms with Crippen molar-refractivity contribution in [3.05, 3.63) is 215 Å². The molecule has 746 valence electrons. The first-order valence-corrected chi connectivity index (χ1v) is 51.1. The second-order valence-electron chi connectivity index (χ2n) is 40.2. The normalized spacial score (nSPS) is 19.4. The lowest BCUT2D eigenvalue weighted by Crippen LogP contribution is -2.40. The molecule has 15 aromatic rings. The van der Waals surface area contributed by atoms with E-state index in [9.17, 15) is 28.0 Å². The standard InChI is InChI=1S/C28H28FN7O.C28H29N7O2.C28H32N6O2.C27H32FN5O2/c1-5-24(37)35-9-10-36-23(16-35)26(33-27(36)17-12-28(2,29)13-17)19-7-6-8-21-20(19)11-22(30-3)25(32-21)18-14-31-34(4)15-18;1-4-25(36)34-10-11-35-24(17-34)27(32-28(35)18-8-12-37-13-9-18)20-6-5-7-22-21(20)14-23(29-2)26(31-22)19-15-30-33(3)16-19;1-4-25(35)33-10-11-34-24(17-33)27(31-28(34)19-8-12-36-13-9-19)21-6-5-7-23-22(21)14-18(2)26(30-23)20-15-29-32(3)16-20;1-3-24(34)32-7-8-33-22(17-32)25(30-26(33)19-14-27(2,28)15-19)20-6-4-5-18-13-23(29-16-21(18)20)31-9-11-35-12-10-31/h6-8,11,14-15,17H,5,9-10,12-13,16H2,1-2,4H3;5-7,14-16,18H,4,8-13,17H2,1,3H3;5-7,14-16,19H,4,8-13,17H2,1-3H3;4-6,13,16,19H,3,7-12,14-15,17H2,1-2H3. The van der Waals surface area contributed by atoms with Crippen LogP contribution in [0.3, 0.4) is 0 Å². The number of rotatable bonds is 16. The molecule has 11 aromatic heterocycles. The summed E-state index contributed by atoms with van der Waals surface area (Å²) in [5, 5.41) is 17.8. The maximum atomic E-state index is 14.5. The monoisotopic (exact) mass is 1950 g/mol. The van der Waals surface area contributed by atoms with Gasteiger partial charge in [0.15, 0.2) is 0 Å². The Hall–Kier alpha value is -14.6. The fraction of sp³-hybridized carbons (Fsp3) is 0.432. The molecule has 2 aliphatic carbocycles. The summed E-state index contributed by atoms with van der Waals surface area (Å²) in [5.74, 6) is 6.53. The lowest BCUT2D eigenvalue weighted by atomic mass is 9.73. The average Bonchev–Trinajstić information content (AvgIpc) is 1.60. The molecule has 0 radical (unpaired) electrons. The van der Waals surface area contributed by atoms with Gasteiger partial charge in [-0.25, -0.2) is 48.4 Å². The summed E-state index contributed by atoms with van der Waals surface area (Å²) in [6, 6.07) is 32.6. The predicted molar refractivity (Wildman–Crippen MR) is 550 cm³/mol. The number of benzene rings is 4. The Labute approximate surface area is 840 Å². The molecular weight excluding hydrogens is 1830 g/mol. The van der Waals surface area contributed by atoms with E-state index in [-0.39, 0.29) is 35.5 Å². The quantitative estimate of drug-likeness (QED) is 0.0812. The third-order valence-corrected chi connectivity index (χ3v) is 30.4. The molecule has 0 atom stereocenters. The summed E-state index contributed by atoms with van der Waals surface area (Å²) in [6.45, 7) is 42.6. The molecule has 3 saturated heterocycles. The van der Waals surface area contributed by atoms with E-state index in [1.165, 1.54) is 0 Å². The molecule has 0 unspecified atom stereocenters. The van der Waals surface area contributed by atoms with Crippen molar-refractivity contribution in [3.63, 3.8) is 0 Å². The number of morpholine rings is 1. The van der Waals surface area contributed by atoms with Gasteiger partial charge in [-0.3, -0.25) is 43.2 Å². The number of pyridine rings is 4. The fourth-order valence-corrected chi connectivity index (χ4v) is 22.8. The predicted octanol–water partition coefficient (Wildman–Crippen LogP) is 18.8. The minimum Gasteiger partial charge on any atom is -0.381 e. The van der Waals surface area contributed by atoms with Gasteiger partial charge in [-0.1, -0.05) is 82.3 Å². The van der Waals surface area contributed by atoms with E-state index in [4.69, 9.17) is 67.2 Å². The van der Waals surface area contributed by atoms with Gasteiger partial charge < -0.3 is 57.0 Å². The van der Waals surface area contributed by atoms with Crippen LogP contribution in [0, 0.1) is 20.1 Å². The van der Waals surface area contributed by atoms with Gasteiger partial charge in [0, 0.05) is 237 Å². The zero-order valence-electron chi connectivity index (χ0n) is 84.0. The number of nitrogens with zero attached hydrogens (tertiary/aromatic N) is 25. The molecule has 34 heteroatoms. The van der Waals surface area contributed by atoms with Crippen molar-refractivity contribution in [2.75, 3.05) is 83.8 Å². The second kappa shape index (κ2) is 40.2. The zero-order valence-corrected chi connectivity index (χ0v) is 84.0. The lowest BCUT2D eigenvalue weighted by molar-refractivity contribution is -0.133. The van der Waals surface area contributed by atoms with E-state index in [2.05, 4.69) is 110 Å². The van der Waals surface area contributed by atoms with Gasteiger partial charge in [0.1, 0.15) is 40.5 Å². The van der Waals surface area contributed by atoms with Crippen molar-refractivity contribution < 1.29 is 42.2 Å². The molecule has 0 N–H and O–H groups in total. The molecule has 4 amide bonds. The van der Waals surface area contributed by atoms with Crippen molar-refractivity contribution in [3.8, 4) is 78.8 Å². The highest BCUT2D eigenvalue weighted by Gasteiger charge is 2.47. The minimum absolute atomic E-state index is 0.0556. The highest BCUT2D eigenvalue weighted by atomic mass is 19.1. The van der Waals surface area contributed by atoms with E-state index >= 15 is 0 Å². The molecular formula is C111H121F2N25O7. The number of carbonyl (C=O) groups excluding carboxylic acids is 4. The van der Waals surface area contributed by atoms with Gasteiger partial charge >= 0.3 is 0 Å². The van der Waals surface area contributed by atoms with Gasteiger partial charge in [-0.2, -0.15) is 15.3 Å². The number of ether oxygens (including phenoxy) is 3. The highest BCUT2D eigenvalue weighted by Crippen LogP contribution is 2.52. The lowest BCUT2D eigenvalue weighted by Gasteiger charge is -2.39. The van der Waals surface area contributed by atoms with Crippen molar-refractivity contribution in [1.82, 2.24) is 107 Å². The topological polar surface area (TPSA) is 297 Å². The van der Waals surface area contributed by atoms with Gasteiger partial charge in [0.25, 0.3) is 0 Å². The van der Waals surface area contributed by atoms with Gasteiger partial charge in [0.2, 0.25) is 35.0 Å². The van der Waals surface area contributed by atoms with Crippen LogP contribution in [0.4, 0.5) is 26.0 Å². The van der Waals surface area contributed by atoms with E-state index in [0.29, 0.717) is 145 Å². The fourth-order valence-electron chi connectivity index (χ4n) is 22.8. The molecule has 0 bridgehead atoms. The van der Waals surface area contributed by atoms with E-state index in [1.807, 2.05) is 142 Å². The van der Waals surface area contributed by atoms with Crippen LogP contribution in [-0.2, 0) is 107 Å². The molecule has 24 rings (SSSR count). The van der Waals surface area contributed by atoms with Gasteiger partial charge in [-0.05, 0) is 136 Å². The summed E-state index contributed by atoms with van der Waals surface area (Å²) < 4.78 is 60.0. The summed E-state index contributed by atoms with van der Waals surface area (Å²) in [5.41, 5.74) is 18.7. The molecule has 7 aliphatic heterocycles. The third kappa shape index (κ3) is 18.9. The van der Waals surface area contributed by atoms with Gasteiger partial charge in [0.05, 0.1) is 150 Å². The van der Waals surface area contributed by atoms with E-state index < -0.39 is 11.3 Å². The van der Waals surface area contributed by atoms with Crippen LogP contribution in [0.1, 0.15) is 194 Å². The van der Waals surface area contributed by atoms with Crippen LogP contribution in [0.25, 0.3) is 132 Å². The number of halogens is 2. The number of anilines is 1. The average molecular weight is 1960 g/mol. The van der Waals surface area contributed by atoms with E-state index in [1.54, 1.807) is 40.3 Å². The Morgan fingerprint density at radius 2 is 0.710 bits per heavy atom. The number of aryl methyl sites for hydroxylation is 4. The van der Waals surface area contributed by atoms with Crippen LogP contribution in [0.5, 0.6) is 0 Å². The Morgan fingerprint density at radius 1 is 0.386 bits per heavy atom. The van der Waals surface area contributed by atoms with E-state index in [0.717, 1.165) is 266 Å². The molecule has 18 heterocycles. The Morgan fingerprint density at radius 3 is 1.05 bits per heavy atom. The number of imidazole rings is 4. The molecule has 145 heavy (non-hydrogen) atoms. The number of fused-ring (bicyclic) bond motifs is 8. The summed E-state index contributed by atoms with van der Waals surface area (Å²) in [4.78, 5) is 108. The zero-order chi connectivity index (χ0) is 100. The molecule has 4 aromatic carbocycles. The van der Waals surface area contributed by atoms with Gasteiger partial charge in [-0.15, -0.1) is 0 Å². The van der Waals surface area contributed by atoms with Crippen molar-refractivity contribution in [2.24, 2.45) is 21.1 Å². The van der Waals surface area contributed by atoms with Crippen LogP contribution in [-0.4, -0.2) is 221 Å². The highest BCUT2D eigenvalue weighted by molar-refractivity contribution is 6.02. The van der Waals surface area contributed by atoms with Crippen LogP contribution in [0.15, 0.2) is 140 Å². The Bertz CT molecular complexity index is 7610. The number of alkyl halides is 2. The van der Waals surface area contributed by atoms with Crippen molar-refractivity contribution in [2.45, 2.75) is 213 Å².